The first-order valence-corrected chi connectivity index (χ1v) is 15.2. The lowest BCUT2D eigenvalue weighted by atomic mass is 10.1. The molecule has 0 saturated heterocycles. The largest absolute Gasteiger partial charge is 0.772 e. The maximum atomic E-state index is 13.5. The average Bonchev–Trinajstić information content (AvgIpc) is 3.60. The van der Waals surface area contributed by atoms with Crippen molar-refractivity contribution >= 4 is 39.2 Å². The van der Waals surface area contributed by atoms with E-state index in [1.165, 1.54) is 0 Å². The maximum Gasteiger partial charge on any atom is 0.274 e. The Kier molecular flexibility index (Phi) is 9.31. The highest BCUT2D eigenvalue weighted by molar-refractivity contribution is 7.79. The Hall–Kier alpha value is -4.06. The second-order valence-corrected chi connectivity index (χ2v) is 11.5. The molecule has 1 fully saturated rings. The Labute approximate surface area is 247 Å². The van der Waals surface area contributed by atoms with Crippen LogP contribution in [-0.4, -0.2) is 59.3 Å². The SMILES string of the molecule is C=C(C)C=CC=C(C)Cn1nc(C2CC2)c2c(NC(=O)c3cnc4cc(OCCNCCS(=O)[O-])ccn34)cccc21. The van der Waals surface area contributed by atoms with Crippen LogP contribution in [0.4, 0.5) is 5.69 Å². The molecule has 220 valence electrons. The molecule has 11 heteroatoms. The average molecular weight is 588 g/mol. The van der Waals surface area contributed by atoms with E-state index in [-0.39, 0.29) is 11.7 Å². The molecule has 1 aromatic carbocycles. The summed E-state index contributed by atoms with van der Waals surface area (Å²) in [5.74, 6) is 0.813. The van der Waals surface area contributed by atoms with E-state index in [9.17, 15) is 13.6 Å². The lowest BCUT2D eigenvalue weighted by Gasteiger charge is -2.10. The highest BCUT2D eigenvalue weighted by Gasteiger charge is 2.30. The Morgan fingerprint density at radius 1 is 1.26 bits per heavy atom. The molecule has 1 unspecified atom stereocenters. The maximum absolute atomic E-state index is 13.5. The summed E-state index contributed by atoms with van der Waals surface area (Å²) in [4.78, 5) is 17.9. The highest BCUT2D eigenvalue weighted by atomic mass is 32.2. The number of anilines is 1. The second kappa shape index (κ2) is 13.3. The van der Waals surface area contributed by atoms with Crippen molar-refractivity contribution in [2.45, 2.75) is 39.2 Å². The smallest absolute Gasteiger partial charge is 0.274 e. The van der Waals surface area contributed by atoms with Crippen molar-refractivity contribution < 1.29 is 18.3 Å². The van der Waals surface area contributed by atoms with Gasteiger partial charge in [-0.1, -0.05) is 53.1 Å². The van der Waals surface area contributed by atoms with Crippen LogP contribution in [0.25, 0.3) is 16.6 Å². The quantitative estimate of drug-likeness (QED) is 0.124. The van der Waals surface area contributed by atoms with Gasteiger partial charge in [0.15, 0.2) is 0 Å². The van der Waals surface area contributed by atoms with Crippen LogP contribution in [0.3, 0.4) is 0 Å². The molecule has 5 rings (SSSR count). The van der Waals surface area contributed by atoms with Crippen molar-refractivity contribution in [2.24, 2.45) is 0 Å². The van der Waals surface area contributed by atoms with Crippen LogP contribution in [0.5, 0.6) is 5.75 Å². The van der Waals surface area contributed by atoms with Crippen LogP contribution < -0.4 is 15.4 Å². The molecule has 1 amide bonds. The van der Waals surface area contributed by atoms with Crippen LogP contribution in [0.15, 0.2) is 78.7 Å². The molecule has 0 spiro atoms. The van der Waals surface area contributed by atoms with Crippen molar-refractivity contribution in [2.75, 3.05) is 30.8 Å². The number of hydrogen-bond acceptors (Lipinski definition) is 7. The van der Waals surface area contributed by atoms with Crippen LogP contribution in [0.2, 0.25) is 0 Å². The fourth-order valence-corrected chi connectivity index (χ4v) is 5.03. The predicted molar refractivity (Wildman–Crippen MR) is 165 cm³/mol. The number of carbonyl (C=O) groups is 1. The predicted octanol–water partition coefficient (Wildman–Crippen LogP) is 4.74. The molecule has 1 aliphatic carbocycles. The second-order valence-electron chi connectivity index (χ2n) is 10.5. The fraction of sp³-hybridized carbons (Fsp3) is 0.323. The number of pyridine rings is 1. The van der Waals surface area contributed by atoms with Crippen molar-refractivity contribution in [1.29, 1.82) is 0 Å². The molecule has 3 heterocycles. The number of fused-ring (bicyclic) bond motifs is 2. The lowest BCUT2D eigenvalue weighted by molar-refractivity contribution is 0.102. The number of rotatable bonds is 14. The first-order chi connectivity index (χ1) is 20.3. The Bertz CT molecular complexity index is 1700. The first kappa shape index (κ1) is 29.4. The fourth-order valence-electron chi connectivity index (χ4n) is 4.72. The minimum Gasteiger partial charge on any atom is -0.772 e. The number of nitrogens with zero attached hydrogens (tertiary/aromatic N) is 4. The highest BCUT2D eigenvalue weighted by Crippen LogP contribution is 2.44. The van der Waals surface area contributed by atoms with Gasteiger partial charge in [-0.05, 0) is 44.9 Å². The topological polar surface area (TPSA) is 126 Å². The molecule has 2 N–H and O–H groups in total. The van der Waals surface area contributed by atoms with Gasteiger partial charge in [-0.2, -0.15) is 5.10 Å². The van der Waals surface area contributed by atoms with Crippen LogP contribution >= 0.6 is 0 Å². The molecule has 1 saturated carbocycles. The zero-order chi connectivity index (χ0) is 29.6. The van der Waals surface area contributed by atoms with Gasteiger partial charge in [0.05, 0.1) is 29.6 Å². The Morgan fingerprint density at radius 3 is 2.86 bits per heavy atom. The van der Waals surface area contributed by atoms with E-state index < -0.39 is 11.1 Å². The van der Waals surface area contributed by atoms with E-state index in [1.54, 1.807) is 28.9 Å². The summed E-state index contributed by atoms with van der Waals surface area (Å²) in [6.45, 7) is 9.86. The Balaban J connectivity index is 1.32. The third-order valence-corrected chi connectivity index (χ3v) is 7.43. The molecule has 1 atom stereocenters. The summed E-state index contributed by atoms with van der Waals surface area (Å²) in [6.07, 6.45) is 11.6. The van der Waals surface area contributed by atoms with Gasteiger partial charge in [0.25, 0.3) is 5.91 Å². The van der Waals surface area contributed by atoms with Gasteiger partial charge in [0.2, 0.25) is 0 Å². The number of imidazole rings is 1. The summed E-state index contributed by atoms with van der Waals surface area (Å²) < 4.78 is 30.7. The molecule has 1 aliphatic rings. The minimum absolute atomic E-state index is 0.0641. The van der Waals surface area contributed by atoms with Gasteiger partial charge in [-0.3, -0.25) is 18.1 Å². The summed E-state index contributed by atoms with van der Waals surface area (Å²) in [6, 6.07) is 9.46. The molecule has 0 aliphatic heterocycles. The molecule has 42 heavy (non-hydrogen) atoms. The zero-order valence-electron chi connectivity index (χ0n) is 23.8. The number of carbonyl (C=O) groups excluding carboxylic acids is 1. The van der Waals surface area contributed by atoms with E-state index in [4.69, 9.17) is 9.84 Å². The van der Waals surface area contributed by atoms with E-state index in [2.05, 4.69) is 41.3 Å². The summed E-state index contributed by atoms with van der Waals surface area (Å²) in [7, 11) is 0. The third kappa shape index (κ3) is 7.22. The zero-order valence-corrected chi connectivity index (χ0v) is 24.7. The number of hydrogen-bond donors (Lipinski definition) is 2. The van der Waals surface area contributed by atoms with Crippen molar-refractivity contribution in [3.63, 3.8) is 0 Å². The van der Waals surface area contributed by atoms with Gasteiger partial charge in [-0.25, -0.2) is 4.98 Å². The molecular formula is C31H35N6O4S-. The minimum atomic E-state index is -2.06. The van der Waals surface area contributed by atoms with Crippen molar-refractivity contribution in [3.05, 3.63) is 90.1 Å². The first-order valence-electron chi connectivity index (χ1n) is 14.0. The van der Waals surface area contributed by atoms with Gasteiger partial charge in [-0.15, -0.1) is 0 Å². The van der Waals surface area contributed by atoms with Crippen molar-refractivity contribution in [3.8, 4) is 5.75 Å². The molecule has 0 bridgehead atoms. The van der Waals surface area contributed by atoms with Gasteiger partial charge >= 0.3 is 0 Å². The number of nitrogens with one attached hydrogen (secondary N) is 2. The van der Waals surface area contributed by atoms with E-state index in [0.717, 1.165) is 46.3 Å². The summed E-state index contributed by atoms with van der Waals surface area (Å²) >= 11 is -2.06. The number of allylic oxidation sites excluding steroid dienone is 5. The lowest BCUT2D eigenvalue weighted by Crippen LogP contribution is -2.25. The van der Waals surface area contributed by atoms with Gasteiger partial charge in [0, 0.05) is 42.4 Å². The monoisotopic (exact) mass is 587 g/mol. The van der Waals surface area contributed by atoms with E-state index >= 15 is 0 Å². The van der Waals surface area contributed by atoms with Crippen LogP contribution in [0, 0.1) is 0 Å². The molecule has 0 radical (unpaired) electrons. The standard InChI is InChI=1S/C31H36N6O4S/c1-21(2)6-4-7-22(3)20-37-26-9-5-8-25(29(26)30(35-37)23-10-11-23)34-31(38)27-19-33-28-18-24(12-15-36(27)28)41-16-13-32-14-17-42(39)40/h4-9,12,15,18-19,23,32H,1,10-11,13-14,16-17,20H2,2-3H3,(H,34,38)(H,39,40)/p-1. The molecule has 4 aromatic rings. The summed E-state index contributed by atoms with van der Waals surface area (Å²) in [5.41, 5.74) is 5.90. The van der Waals surface area contributed by atoms with E-state index in [1.807, 2.05) is 35.9 Å². The normalized spacial score (nSPS) is 14.6. The molecule has 3 aromatic heterocycles. The Morgan fingerprint density at radius 2 is 2.10 bits per heavy atom. The third-order valence-electron chi connectivity index (χ3n) is 6.89. The van der Waals surface area contributed by atoms with Gasteiger partial charge in [0.1, 0.15) is 23.7 Å². The molecular weight excluding hydrogens is 552 g/mol. The number of amides is 1. The van der Waals surface area contributed by atoms with Gasteiger partial charge < -0.3 is 19.9 Å². The van der Waals surface area contributed by atoms with Crippen molar-refractivity contribution in [1.82, 2.24) is 24.5 Å². The molecule has 10 nitrogen and oxygen atoms in total. The van der Waals surface area contributed by atoms with Crippen LogP contribution in [0.1, 0.15) is 48.8 Å². The number of aromatic nitrogens is 4. The number of benzene rings is 1. The van der Waals surface area contributed by atoms with E-state index in [0.29, 0.717) is 49.2 Å². The summed E-state index contributed by atoms with van der Waals surface area (Å²) in [5, 5.41) is 12.1. The van der Waals surface area contributed by atoms with Crippen LogP contribution in [-0.2, 0) is 17.6 Å². The number of ether oxygens (including phenoxy) is 1.